The minimum atomic E-state index is -0.168. The van der Waals surface area contributed by atoms with Crippen molar-refractivity contribution in [1.82, 2.24) is 0 Å². The van der Waals surface area contributed by atoms with Crippen molar-refractivity contribution >= 4 is 5.69 Å². The van der Waals surface area contributed by atoms with Crippen molar-refractivity contribution in [2.24, 2.45) is 0 Å². The van der Waals surface area contributed by atoms with Crippen molar-refractivity contribution in [2.75, 3.05) is 5.73 Å². The molecule has 104 valence electrons. The minimum Gasteiger partial charge on any atom is -0.483 e. The number of nitrogens with two attached hydrogens (primary N) is 1. The van der Waals surface area contributed by atoms with Crippen LogP contribution >= 0.6 is 0 Å². The summed E-state index contributed by atoms with van der Waals surface area (Å²) in [6.07, 6.45) is 0.903. The predicted molar refractivity (Wildman–Crippen MR) is 80.5 cm³/mol. The number of nitrogen functional groups attached to an aromatic ring is 1. The third-order valence-electron chi connectivity index (χ3n) is 3.52. The van der Waals surface area contributed by atoms with E-state index in [-0.39, 0.29) is 5.60 Å². The standard InChI is InChI=1S/C17H19NO2/c1-11-9-13(7-8-14(11)18)19-15-6-4-5-12-10-17(2,3)20-16(12)15/h4-9H,10,18H2,1-3H3. The molecule has 0 fully saturated rings. The van der Waals surface area contributed by atoms with Crippen LogP contribution in [-0.2, 0) is 6.42 Å². The number of hydrogen-bond donors (Lipinski definition) is 1. The van der Waals surface area contributed by atoms with Gasteiger partial charge >= 0.3 is 0 Å². The molecule has 20 heavy (non-hydrogen) atoms. The lowest BCUT2D eigenvalue weighted by Crippen LogP contribution is -2.24. The summed E-state index contributed by atoms with van der Waals surface area (Å²) in [5.74, 6) is 2.39. The molecule has 0 unspecified atom stereocenters. The zero-order valence-corrected chi connectivity index (χ0v) is 12.1. The monoisotopic (exact) mass is 269 g/mol. The zero-order chi connectivity index (χ0) is 14.3. The Morgan fingerprint density at radius 3 is 2.75 bits per heavy atom. The molecule has 1 heterocycles. The molecular formula is C17H19NO2. The van der Waals surface area contributed by atoms with E-state index in [0.717, 1.165) is 34.9 Å². The number of fused-ring (bicyclic) bond motifs is 1. The van der Waals surface area contributed by atoms with Crippen molar-refractivity contribution in [3.8, 4) is 17.2 Å². The van der Waals surface area contributed by atoms with E-state index >= 15 is 0 Å². The number of aryl methyl sites for hydroxylation is 1. The Balaban J connectivity index is 1.93. The molecule has 1 aliphatic rings. The smallest absolute Gasteiger partial charge is 0.169 e. The third kappa shape index (κ3) is 2.31. The van der Waals surface area contributed by atoms with Crippen molar-refractivity contribution in [1.29, 1.82) is 0 Å². The number of para-hydroxylation sites is 1. The Kier molecular flexibility index (Phi) is 2.85. The Labute approximate surface area is 119 Å². The van der Waals surface area contributed by atoms with Gasteiger partial charge in [0.1, 0.15) is 11.4 Å². The number of ether oxygens (including phenoxy) is 2. The average Bonchev–Trinajstić information content (AvgIpc) is 2.69. The molecule has 0 amide bonds. The van der Waals surface area contributed by atoms with E-state index in [2.05, 4.69) is 19.9 Å². The van der Waals surface area contributed by atoms with Gasteiger partial charge in [0.15, 0.2) is 11.5 Å². The molecular weight excluding hydrogens is 250 g/mol. The van der Waals surface area contributed by atoms with E-state index in [1.807, 2.05) is 37.3 Å². The van der Waals surface area contributed by atoms with Crippen molar-refractivity contribution < 1.29 is 9.47 Å². The molecule has 0 saturated heterocycles. The molecule has 0 spiro atoms. The van der Waals surface area contributed by atoms with Crippen LogP contribution in [0, 0.1) is 6.92 Å². The van der Waals surface area contributed by atoms with Gasteiger partial charge in [-0.3, -0.25) is 0 Å². The second kappa shape index (κ2) is 4.44. The first kappa shape index (κ1) is 12.9. The van der Waals surface area contributed by atoms with Gasteiger partial charge in [-0.2, -0.15) is 0 Å². The predicted octanol–water partition coefficient (Wildman–Crippen LogP) is 4.08. The van der Waals surface area contributed by atoms with Crippen LogP contribution in [0.15, 0.2) is 36.4 Å². The maximum atomic E-state index is 6.00. The second-order valence-electron chi connectivity index (χ2n) is 5.90. The summed E-state index contributed by atoms with van der Waals surface area (Å²) in [4.78, 5) is 0. The molecule has 3 rings (SSSR count). The molecule has 3 nitrogen and oxygen atoms in total. The molecule has 0 bridgehead atoms. The SMILES string of the molecule is Cc1cc(Oc2cccc3c2OC(C)(C)C3)ccc1N. The highest BCUT2D eigenvalue weighted by Crippen LogP contribution is 2.43. The van der Waals surface area contributed by atoms with Crippen LogP contribution < -0.4 is 15.2 Å². The van der Waals surface area contributed by atoms with Crippen LogP contribution in [0.3, 0.4) is 0 Å². The van der Waals surface area contributed by atoms with Crippen LogP contribution in [0.2, 0.25) is 0 Å². The maximum Gasteiger partial charge on any atom is 0.169 e. The van der Waals surface area contributed by atoms with E-state index < -0.39 is 0 Å². The van der Waals surface area contributed by atoms with Crippen LogP contribution in [0.1, 0.15) is 25.0 Å². The summed E-state index contributed by atoms with van der Waals surface area (Å²) < 4.78 is 12.0. The van der Waals surface area contributed by atoms with Crippen LogP contribution in [0.4, 0.5) is 5.69 Å². The van der Waals surface area contributed by atoms with Gasteiger partial charge in [0.2, 0.25) is 0 Å². The number of hydrogen-bond acceptors (Lipinski definition) is 3. The Hall–Kier alpha value is -2.16. The molecule has 0 radical (unpaired) electrons. The molecule has 0 atom stereocenters. The summed E-state index contributed by atoms with van der Waals surface area (Å²) in [5.41, 5.74) is 8.64. The quantitative estimate of drug-likeness (QED) is 0.835. The summed E-state index contributed by atoms with van der Waals surface area (Å²) in [7, 11) is 0. The molecule has 2 aromatic carbocycles. The van der Waals surface area contributed by atoms with E-state index in [9.17, 15) is 0 Å². The molecule has 0 aliphatic carbocycles. The first-order valence-electron chi connectivity index (χ1n) is 6.79. The van der Waals surface area contributed by atoms with Crippen molar-refractivity contribution in [3.05, 3.63) is 47.5 Å². The molecule has 0 aromatic heterocycles. The maximum absolute atomic E-state index is 6.00. The Bertz CT molecular complexity index is 662. The first-order valence-corrected chi connectivity index (χ1v) is 6.79. The number of rotatable bonds is 2. The fourth-order valence-corrected chi connectivity index (χ4v) is 2.51. The fourth-order valence-electron chi connectivity index (χ4n) is 2.51. The van der Waals surface area contributed by atoms with E-state index in [1.54, 1.807) is 0 Å². The van der Waals surface area contributed by atoms with Gasteiger partial charge in [0.05, 0.1) is 0 Å². The minimum absolute atomic E-state index is 0.168. The average molecular weight is 269 g/mol. The van der Waals surface area contributed by atoms with E-state index in [4.69, 9.17) is 15.2 Å². The lowest BCUT2D eigenvalue weighted by molar-refractivity contribution is 0.135. The van der Waals surface area contributed by atoms with Gasteiger partial charge in [-0.15, -0.1) is 0 Å². The van der Waals surface area contributed by atoms with Crippen LogP contribution in [0.25, 0.3) is 0 Å². The van der Waals surface area contributed by atoms with Gasteiger partial charge in [-0.1, -0.05) is 12.1 Å². The summed E-state index contributed by atoms with van der Waals surface area (Å²) in [5, 5.41) is 0. The highest BCUT2D eigenvalue weighted by molar-refractivity contribution is 5.54. The van der Waals surface area contributed by atoms with Gasteiger partial charge in [-0.05, 0) is 50.6 Å². The van der Waals surface area contributed by atoms with Crippen LogP contribution in [0.5, 0.6) is 17.2 Å². The Morgan fingerprint density at radius 1 is 1.20 bits per heavy atom. The van der Waals surface area contributed by atoms with Crippen molar-refractivity contribution in [3.63, 3.8) is 0 Å². The molecule has 2 aromatic rings. The lowest BCUT2D eigenvalue weighted by Gasteiger charge is -2.18. The van der Waals surface area contributed by atoms with Crippen LogP contribution in [-0.4, -0.2) is 5.60 Å². The summed E-state index contributed by atoms with van der Waals surface area (Å²) in [6, 6.07) is 11.7. The highest BCUT2D eigenvalue weighted by atomic mass is 16.5. The second-order valence-corrected chi connectivity index (χ2v) is 5.90. The largest absolute Gasteiger partial charge is 0.483 e. The molecule has 0 saturated carbocycles. The Morgan fingerprint density at radius 2 is 2.00 bits per heavy atom. The lowest BCUT2D eigenvalue weighted by atomic mass is 10.0. The molecule has 1 aliphatic heterocycles. The molecule has 3 heteroatoms. The number of anilines is 1. The van der Waals surface area contributed by atoms with Gasteiger partial charge in [0.25, 0.3) is 0 Å². The van der Waals surface area contributed by atoms with Gasteiger partial charge in [0, 0.05) is 17.7 Å². The summed E-state index contributed by atoms with van der Waals surface area (Å²) in [6.45, 7) is 6.14. The first-order chi connectivity index (χ1) is 9.44. The number of benzene rings is 2. The van der Waals surface area contributed by atoms with Gasteiger partial charge < -0.3 is 15.2 Å². The van der Waals surface area contributed by atoms with E-state index in [1.165, 1.54) is 5.56 Å². The molecule has 2 N–H and O–H groups in total. The van der Waals surface area contributed by atoms with E-state index in [0.29, 0.717) is 0 Å². The zero-order valence-electron chi connectivity index (χ0n) is 12.1. The normalized spacial score (nSPS) is 15.6. The van der Waals surface area contributed by atoms with Gasteiger partial charge in [-0.25, -0.2) is 0 Å². The third-order valence-corrected chi connectivity index (χ3v) is 3.52. The van der Waals surface area contributed by atoms with Crippen molar-refractivity contribution in [2.45, 2.75) is 32.8 Å². The topological polar surface area (TPSA) is 44.5 Å². The summed E-state index contributed by atoms with van der Waals surface area (Å²) >= 11 is 0. The highest BCUT2D eigenvalue weighted by Gasteiger charge is 2.32. The fraction of sp³-hybridized carbons (Fsp3) is 0.294.